The Labute approximate surface area is 155 Å². The Morgan fingerprint density at radius 1 is 1.31 bits per heavy atom. The van der Waals surface area contributed by atoms with Crippen molar-refractivity contribution in [3.05, 3.63) is 40.9 Å². The Balaban J connectivity index is 2.17. The van der Waals surface area contributed by atoms with Gasteiger partial charge in [0.25, 0.3) is 0 Å². The summed E-state index contributed by atoms with van der Waals surface area (Å²) in [5, 5.41) is 40.5. The second-order valence-corrected chi connectivity index (χ2v) is 7.36. The minimum absolute atomic E-state index is 0.0717. The van der Waals surface area contributed by atoms with Gasteiger partial charge in [-0.3, -0.25) is 4.90 Å². The van der Waals surface area contributed by atoms with Gasteiger partial charge in [0.15, 0.2) is 6.10 Å². The van der Waals surface area contributed by atoms with E-state index in [2.05, 4.69) is 0 Å². The molecule has 8 heteroatoms. The fourth-order valence-corrected chi connectivity index (χ4v) is 4.37. The highest BCUT2D eigenvalue weighted by molar-refractivity contribution is 6.30. The largest absolute Gasteiger partial charge is 0.479 e. The lowest BCUT2D eigenvalue weighted by Gasteiger charge is -2.49. The number of aliphatic hydroxyl groups is 2. The van der Waals surface area contributed by atoms with Crippen LogP contribution in [0.4, 0.5) is 0 Å². The van der Waals surface area contributed by atoms with Crippen molar-refractivity contribution in [2.45, 2.75) is 42.5 Å². The number of rotatable bonds is 5. The van der Waals surface area contributed by atoms with Gasteiger partial charge in [-0.1, -0.05) is 29.8 Å². The summed E-state index contributed by atoms with van der Waals surface area (Å²) in [4.78, 5) is 24.9. The molecule has 2 heterocycles. The maximum Gasteiger partial charge on any atom is 0.341 e. The second kappa shape index (κ2) is 6.35. The average molecular weight is 382 g/mol. The molecular formula is C18H20ClNO6. The minimum atomic E-state index is -2.89. The Hall–Kier alpha value is -1.93. The number of aliphatic hydroxyl groups excluding tert-OH is 1. The topological polar surface area (TPSA) is 118 Å². The van der Waals surface area contributed by atoms with E-state index in [0.717, 1.165) is 11.1 Å². The number of carbonyl (C=O) groups is 2. The molecule has 2 bridgehead atoms. The highest BCUT2D eigenvalue weighted by Crippen LogP contribution is 2.50. The second-order valence-electron chi connectivity index (χ2n) is 6.92. The molecule has 2 aliphatic rings. The van der Waals surface area contributed by atoms with Crippen LogP contribution in [-0.4, -0.2) is 67.6 Å². The van der Waals surface area contributed by atoms with Crippen molar-refractivity contribution in [2.75, 3.05) is 7.05 Å². The molecule has 1 aromatic carbocycles. The summed E-state index contributed by atoms with van der Waals surface area (Å²) in [5.41, 5.74) is -2.81. The third-order valence-corrected chi connectivity index (χ3v) is 5.99. The van der Waals surface area contributed by atoms with E-state index >= 15 is 0 Å². The van der Waals surface area contributed by atoms with E-state index in [1.54, 1.807) is 42.3 Å². The molecule has 0 aromatic heterocycles. The summed E-state index contributed by atoms with van der Waals surface area (Å²) in [5.74, 6) is -3.55. The minimum Gasteiger partial charge on any atom is -0.479 e. The van der Waals surface area contributed by atoms with Gasteiger partial charge in [0.2, 0.25) is 5.60 Å². The van der Waals surface area contributed by atoms with E-state index in [1.165, 1.54) is 0 Å². The standard InChI is InChI=1S/C18H20ClNO6/c1-20-13-6-7-17(20,18(26,16(24)25)14(21)15(22)23)9-11(8-13)10-2-4-12(19)5-3-10/h2-5,9,13-14,21,26H,6-8H2,1H3,(H,22,23)(H,24,25)/t13?,14-,17?,18+/m0/s1. The molecule has 0 saturated carbocycles. The molecule has 0 spiro atoms. The van der Waals surface area contributed by atoms with Gasteiger partial charge >= 0.3 is 11.9 Å². The number of hydrogen-bond donors (Lipinski definition) is 4. The number of aliphatic carboxylic acids is 2. The third-order valence-electron chi connectivity index (χ3n) is 5.74. The van der Waals surface area contributed by atoms with Crippen LogP contribution in [0.15, 0.2) is 30.3 Å². The van der Waals surface area contributed by atoms with Crippen LogP contribution in [0, 0.1) is 0 Å². The Morgan fingerprint density at radius 2 is 1.92 bits per heavy atom. The van der Waals surface area contributed by atoms with Crippen LogP contribution in [0.2, 0.25) is 5.02 Å². The first-order valence-corrected chi connectivity index (χ1v) is 8.58. The number of halogens is 1. The van der Waals surface area contributed by atoms with Crippen molar-refractivity contribution in [2.24, 2.45) is 0 Å². The van der Waals surface area contributed by atoms with Gasteiger partial charge in [-0.25, -0.2) is 9.59 Å². The van der Waals surface area contributed by atoms with Gasteiger partial charge in [-0.2, -0.15) is 0 Å². The summed E-state index contributed by atoms with van der Waals surface area (Å²) in [6, 6.07) is 6.93. The molecule has 7 nitrogen and oxygen atoms in total. The first kappa shape index (κ1) is 18.8. The van der Waals surface area contributed by atoms with Crippen molar-refractivity contribution in [3.63, 3.8) is 0 Å². The molecule has 0 aliphatic carbocycles. The molecule has 0 radical (unpaired) electrons. The first-order valence-electron chi connectivity index (χ1n) is 8.20. The molecule has 4 atom stereocenters. The van der Waals surface area contributed by atoms with Crippen molar-refractivity contribution in [1.82, 2.24) is 4.90 Å². The van der Waals surface area contributed by atoms with Crippen LogP contribution in [0.25, 0.3) is 5.57 Å². The van der Waals surface area contributed by atoms with Crippen molar-refractivity contribution in [3.8, 4) is 0 Å². The van der Waals surface area contributed by atoms with Gasteiger partial charge < -0.3 is 20.4 Å². The highest BCUT2D eigenvalue weighted by atomic mass is 35.5. The number of carboxylic acid groups (broad SMARTS) is 2. The van der Waals surface area contributed by atoms with Gasteiger partial charge in [-0.05, 0) is 49.6 Å². The van der Waals surface area contributed by atoms with Gasteiger partial charge in [0, 0.05) is 11.1 Å². The average Bonchev–Trinajstić information content (AvgIpc) is 2.80. The summed E-state index contributed by atoms with van der Waals surface area (Å²) in [6.45, 7) is 0. The number of nitrogens with zero attached hydrogens (tertiary/aromatic N) is 1. The summed E-state index contributed by atoms with van der Waals surface area (Å²) < 4.78 is 0. The summed E-state index contributed by atoms with van der Waals surface area (Å²) in [6.07, 6.45) is 0.547. The Kier molecular flexibility index (Phi) is 4.60. The predicted octanol–water partition coefficient (Wildman–Crippen LogP) is 1.22. The van der Waals surface area contributed by atoms with Crippen molar-refractivity contribution in [1.29, 1.82) is 0 Å². The van der Waals surface area contributed by atoms with Crippen LogP contribution >= 0.6 is 11.6 Å². The first-order chi connectivity index (χ1) is 12.1. The zero-order valence-electron chi connectivity index (χ0n) is 14.1. The quantitative estimate of drug-likeness (QED) is 0.605. The lowest BCUT2D eigenvalue weighted by atomic mass is 9.71. The number of hydrogen-bond acceptors (Lipinski definition) is 5. The molecule has 1 fully saturated rings. The van der Waals surface area contributed by atoms with E-state index in [0.29, 0.717) is 17.9 Å². The van der Waals surface area contributed by atoms with Crippen LogP contribution in [-0.2, 0) is 9.59 Å². The van der Waals surface area contributed by atoms with Gasteiger partial charge in [0.1, 0.15) is 0 Å². The number of fused-ring (bicyclic) bond motifs is 2. The van der Waals surface area contributed by atoms with Gasteiger partial charge in [0.05, 0.1) is 5.54 Å². The van der Waals surface area contributed by atoms with Crippen LogP contribution in [0.1, 0.15) is 24.8 Å². The Bertz CT molecular complexity index is 778. The third kappa shape index (κ3) is 2.54. The molecule has 140 valence electrons. The maximum atomic E-state index is 11.9. The SMILES string of the molecule is CN1C2CCC1([C@](O)(C(=O)O)[C@@H](O)C(=O)O)C=C(c1ccc(Cl)cc1)C2. The molecular weight excluding hydrogens is 362 g/mol. The number of likely N-dealkylation sites (N-methyl/N-ethyl adjacent to an activating group) is 1. The van der Waals surface area contributed by atoms with Crippen molar-refractivity contribution < 1.29 is 30.0 Å². The zero-order chi connectivity index (χ0) is 19.3. The van der Waals surface area contributed by atoms with E-state index in [9.17, 15) is 30.0 Å². The van der Waals surface area contributed by atoms with E-state index in [1.807, 2.05) is 0 Å². The summed E-state index contributed by atoms with van der Waals surface area (Å²) >= 11 is 5.92. The van der Waals surface area contributed by atoms with Crippen LogP contribution in [0.3, 0.4) is 0 Å². The zero-order valence-corrected chi connectivity index (χ0v) is 14.8. The van der Waals surface area contributed by atoms with Crippen LogP contribution < -0.4 is 0 Å². The smallest absolute Gasteiger partial charge is 0.341 e. The maximum absolute atomic E-state index is 11.9. The fraction of sp³-hybridized carbons (Fsp3) is 0.444. The number of carboxylic acids is 2. The van der Waals surface area contributed by atoms with Crippen LogP contribution in [0.5, 0.6) is 0 Å². The summed E-state index contributed by atoms with van der Waals surface area (Å²) in [7, 11) is 1.65. The molecule has 2 aliphatic heterocycles. The molecule has 1 saturated heterocycles. The van der Waals surface area contributed by atoms with Crippen molar-refractivity contribution >= 4 is 29.1 Å². The monoisotopic (exact) mass is 381 g/mol. The molecule has 26 heavy (non-hydrogen) atoms. The predicted molar refractivity (Wildman–Crippen MR) is 93.8 cm³/mol. The highest BCUT2D eigenvalue weighted by Gasteiger charge is 2.67. The molecule has 4 N–H and O–H groups in total. The molecule has 2 unspecified atom stereocenters. The lowest BCUT2D eigenvalue weighted by molar-refractivity contribution is -0.201. The lowest BCUT2D eigenvalue weighted by Crippen LogP contribution is -2.71. The molecule has 3 rings (SSSR count). The molecule has 1 aromatic rings. The number of benzene rings is 1. The Morgan fingerprint density at radius 3 is 2.46 bits per heavy atom. The van der Waals surface area contributed by atoms with Gasteiger partial charge in [-0.15, -0.1) is 0 Å². The van der Waals surface area contributed by atoms with E-state index < -0.39 is 29.2 Å². The van der Waals surface area contributed by atoms with E-state index in [4.69, 9.17) is 11.6 Å². The molecule has 0 amide bonds. The van der Waals surface area contributed by atoms with E-state index in [-0.39, 0.29) is 12.5 Å². The fourth-order valence-electron chi connectivity index (χ4n) is 4.25. The normalized spacial score (nSPS) is 28.9.